The molecule has 0 aromatic heterocycles. The number of hydrogen-bond acceptors (Lipinski definition) is 2. The van der Waals surface area contributed by atoms with Crippen LogP contribution in [0.2, 0.25) is 0 Å². The third kappa shape index (κ3) is 2.49. The summed E-state index contributed by atoms with van der Waals surface area (Å²) in [6, 6.07) is -0.0310. The lowest BCUT2D eigenvalue weighted by atomic mass is 10.2. The van der Waals surface area contributed by atoms with Crippen molar-refractivity contribution in [1.29, 1.82) is 0 Å². The van der Waals surface area contributed by atoms with Crippen LogP contribution in [0.5, 0.6) is 0 Å². The van der Waals surface area contributed by atoms with Gasteiger partial charge in [0.05, 0.1) is 0 Å². The van der Waals surface area contributed by atoms with E-state index < -0.39 is 0 Å². The van der Waals surface area contributed by atoms with E-state index in [1.807, 2.05) is 27.7 Å². The molecular weight excluding hydrogens is 192 g/mol. The molecule has 0 radical (unpaired) electrons. The summed E-state index contributed by atoms with van der Waals surface area (Å²) >= 11 is 0. The molecule has 4 nitrogen and oxygen atoms in total. The Labute approximate surface area is 91.2 Å². The molecule has 0 N–H and O–H groups in total. The van der Waals surface area contributed by atoms with Gasteiger partial charge in [0.1, 0.15) is 0 Å². The molecule has 1 saturated heterocycles. The Hall–Kier alpha value is -1.06. The van der Waals surface area contributed by atoms with Gasteiger partial charge in [-0.3, -0.25) is 9.69 Å². The van der Waals surface area contributed by atoms with Crippen LogP contribution in [0.15, 0.2) is 0 Å². The van der Waals surface area contributed by atoms with E-state index in [2.05, 4.69) is 0 Å². The van der Waals surface area contributed by atoms with Crippen LogP contribution < -0.4 is 0 Å². The molecule has 0 spiro atoms. The molecule has 4 heteroatoms. The van der Waals surface area contributed by atoms with Crippen LogP contribution in [0, 0.1) is 0 Å². The first-order chi connectivity index (χ1) is 6.95. The molecule has 1 rings (SSSR count). The Balaban J connectivity index is 2.91. The smallest absolute Gasteiger partial charge is 0.322 e. The molecule has 1 aliphatic rings. The molecule has 0 saturated carbocycles. The number of carbonyl (C=O) groups excluding carboxylic acids is 2. The average molecular weight is 212 g/mol. The normalized spacial score (nSPS) is 19.1. The highest BCUT2D eigenvalue weighted by Crippen LogP contribution is 2.16. The Kier molecular flexibility index (Phi) is 3.72. The highest BCUT2D eigenvalue weighted by Gasteiger charge is 2.32. The molecule has 0 aliphatic carbocycles. The first-order valence-electron chi connectivity index (χ1n) is 5.57. The van der Waals surface area contributed by atoms with E-state index in [1.54, 1.807) is 4.90 Å². The topological polar surface area (TPSA) is 40.6 Å². The molecule has 1 aliphatic heterocycles. The number of rotatable bonds is 2. The maximum Gasteiger partial charge on any atom is 0.327 e. The van der Waals surface area contributed by atoms with Crippen LogP contribution in [0.1, 0.15) is 40.5 Å². The maximum atomic E-state index is 12.1. The predicted octanol–water partition coefficient (Wildman–Crippen LogP) is 1.85. The van der Waals surface area contributed by atoms with Gasteiger partial charge in [-0.15, -0.1) is 0 Å². The second-order valence-electron chi connectivity index (χ2n) is 4.53. The van der Waals surface area contributed by atoms with Crippen molar-refractivity contribution in [1.82, 2.24) is 9.80 Å². The van der Waals surface area contributed by atoms with Crippen LogP contribution in [0.3, 0.4) is 0 Å². The molecule has 0 aromatic rings. The minimum Gasteiger partial charge on any atom is -0.322 e. The number of hydrogen-bond donors (Lipinski definition) is 0. The summed E-state index contributed by atoms with van der Waals surface area (Å²) < 4.78 is 0. The van der Waals surface area contributed by atoms with Gasteiger partial charge in [0.15, 0.2) is 0 Å². The van der Waals surface area contributed by atoms with Crippen molar-refractivity contribution in [3.63, 3.8) is 0 Å². The van der Waals surface area contributed by atoms with Gasteiger partial charge in [-0.25, -0.2) is 4.79 Å². The summed E-state index contributed by atoms with van der Waals surface area (Å²) in [6.45, 7) is 8.39. The van der Waals surface area contributed by atoms with Gasteiger partial charge in [0.25, 0.3) is 0 Å². The molecule has 3 amide bonds. The monoisotopic (exact) mass is 212 g/mol. The number of nitrogens with zero attached hydrogens (tertiary/aromatic N) is 2. The number of amides is 3. The number of carbonyl (C=O) groups is 2. The van der Waals surface area contributed by atoms with Crippen molar-refractivity contribution in [2.24, 2.45) is 0 Å². The van der Waals surface area contributed by atoms with E-state index in [1.165, 1.54) is 4.90 Å². The van der Waals surface area contributed by atoms with E-state index in [-0.39, 0.29) is 24.0 Å². The van der Waals surface area contributed by atoms with Crippen LogP contribution in [-0.4, -0.2) is 40.4 Å². The quantitative estimate of drug-likeness (QED) is 0.701. The molecule has 0 bridgehead atoms. The van der Waals surface area contributed by atoms with Gasteiger partial charge in [-0.2, -0.15) is 0 Å². The highest BCUT2D eigenvalue weighted by molar-refractivity contribution is 5.95. The zero-order chi connectivity index (χ0) is 11.6. The van der Waals surface area contributed by atoms with Gasteiger partial charge >= 0.3 is 6.03 Å². The van der Waals surface area contributed by atoms with Crippen molar-refractivity contribution in [2.75, 3.05) is 6.54 Å². The third-order valence-corrected chi connectivity index (χ3v) is 2.65. The Morgan fingerprint density at radius 2 is 1.67 bits per heavy atom. The number of urea groups is 1. The first-order valence-corrected chi connectivity index (χ1v) is 5.57. The third-order valence-electron chi connectivity index (χ3n) is 2.65. The lowest BCUT2D eigenvalue weighted by molar-refractivity contribution is -0.129. The molecular formula is C11H20N2O2. The summed E-state index contributed by atoms with van der Waals surface area (Å²) in [7, 11) is 0. The zero-order valence-corrected chi connectivity index (χ0v) is 9.99. The van der Waals surface area contributed by atoms with Gasteiger partial charge < -0.3 is 4.90 Å². The fourth-order valence-electron chi connectivity index (χ4n) is 1.85. The van der Waals surface area contributed by atoms with Crippen LogP contribution >= 0.6 is 0 Å². The minimum absolute atomic E-state index is 0.0434. The lowest BCUT2D eigenvalue weighted by Crippen LogP contribution is -2.49. The second kappa shape index (κ2) is 4.64. The van der Waals surface area contributed by atoms with Crippen molar-refractivity contribution >= 4 is 11.9 Å². The fraction of sp³-hybridized carbons (Fsp3) is 0.818. The second-order valence-corrected chi connectivity index (χ2v) is 4.53. The lowest BCUT2D eigenvalue weighted by Gasteiger charge is -2.31. The zero-order valence-electron chi connectivity index (χ0n) is 9.99. The van der Waals surface area contributed by atoms with Gasteiger partial charge in [0.2, 0.25) is 5.91 Å². The van der Waals surface area contributed by atoms with E-state index in [4.69, 9.17) is 0 Å². The van der Waals surface area contributed by atoms with Crippen LogP contribution in [0.4, 0.5) is 4.79 Å². The van der Waals surface area contributed by atoms with E-state index in [0.29, 0.717) is 13.0 Å². The minimum atomic E-state index is -0.137. The summed E-state index contributed by atoms with van der Waals surface area (Å²) in [6.07, 6.45) is 1.25. The molecule has 0 unspecified atom stereocenters. The van der Waals surface area contributed by atoms with E-state index in [9.17, 15) is 9.59 Å². The Bertz CT molecular complexity index is 261. The van der Waals surface area contributed by atoms with Crippen molar-refractivity contribution in [3.8, 4) is 0 Å². The predicted molar refractivity (Wildman–Crippen MR) is 58.5 cm³/mol. The highest BCUT2D eigenvalue weighted by atomic mass is 16.2. The summed E-state index contributed by atoms with van der Waals surface area (Å²) in [4.78, 5) is 26.9. The average Bonchev–Trinajstić information content (AvgIpc) is 2.23. The van der Waals surface area contributed by atoms with Gasteiger partial charge in [-0.05, 0) is 34.1 Å². The molecule has 0 aromatic carbocycles. The maximum absolute atomic E-state index is 12.1. The summed E-state index contributed by atoms with van der Waals surface area (Å²) in [5.74, 6) is -0.0434. The summed E-state index contributed by atoms with van der Waals surface area (Å²) in [5.41, 5.74) is 0. The van der Waals surface area contributed by atoms with E-state index >= 15 is 0 Å². The number of imide groups is 1. The Morgan fingerprint density at radius 3 is 2.13 bits per heavy atom. The van der Waals surface area contributed by atoms with Gasteiger partial charge in [-0.1, -0.05) is 0 Å². The molecule has 15 heavy (non-hydrogen) atoms. The van der Waals surface area contributed by atoms with Crippen molar-refractivity contribution in [3.05, 3.63) is 0 Å². The first kappa shape index (κ1) is 12.0. The van der Waals surface area contributed by atoms with Crippen LogP contribution in [0.25, 0.3) is 0 Å². The van der Waals surface area contributed by atoms with Gasteiger partial charge in [0, 0.05) is 25.0 Å². The van der Waals surface area contributed by atoms with E-state index in [0.717, 1.165) is 6.42 Å². The van der Waals surface area contributed by atoms with Crippen LogP contribution in [-0.2, 0) is 4.79 Å². The standard InChI is InChI=1S/C11H20N2O2/c1-8(2)12-7-5-6-10(14)13(9(3)4)11(12)15/h8-9H,5-7H2,1-4H3. The van der Waals surface area contributed by atoms with Crippen molar-refractivity contribution < 1.29 is 9.59 Å². The SMILES string of the molecule is CC(C)N1CCCC(=O)N(C(C)C)C1=O. The van der Waals surface area contributed by atoms with Crippen molar-refractivity contribution in [2.45, 2.75) is 52.6 Å². The molecule has 1 heterocycles. The Morgan fingerprint density at radius 1 is 1.07 bits per heavy atom. The molecule has 0 atom stereocenters. The largest absolute Gasteiger partial charge is 0.327 e. The summed E-state index contributed by atoms with van der Waals surface area (Å²) in [5, 5.41) is 0. The molecule has 1 fully saturated rings. The fourth-order valence-corrected chi connectivity index (χ4v) is 1.85. The molecule has 86 valence electrons.